The summed E-state index contributed by atoms with van der Waals surface area (Å²) < 4.78 is 4.63. The number of nitrogens with two attached hydrogens (primary N) is 1. The number of hydrogen-bond acceptors (Lipinski definition) is 5. The molecule has 0 saturated carbocycles. The van der Waals surface area contributed by atoms with Crippen molar-refractivity contribution in [2.45, 2.75) is 25.3 Å². The number of rotatable bonds is 3. The molecular formula is C11H14N2O2S. The van der Waals surface area contributed by atoms with Gasteiger partial charge in [0.25, 0.3) is 0 Å². The van der Waals surface area contributed by atoms with Crippen molar-refractivity contribution in [3.63, 3.8) is 0 Å². The number of nitriles is 1. The number of nitrogens with zero attached hydrogens (tertiary/aromatic N) is 1. The smallest absolute Gasteiger partial charge is 0.323 e. The molecule has 1 rings (SSSR count). The minimum atomic E-state index is -0.734. The fourth-order valence-electron chi connectivity index (χ4n) is 1.32. The lowest BCUT2D eigenvalue weighted by molar-refractivity contribution is -0.143. The number of hydrogen-bond donors (Lipinski definition) is 1. The Hall–Kier alpha value is -1.38. The molecule has 1 atom stereocenters. The molecule has 1 heterocycles. The van der Waals surface area contributed by atoms with Crippen molar-refractivity contribution in [2.24, 2.45) is 5.73 Å². The Morgan fingerprint density at radius 1 is 1.62 bits per heavy atom. The van der Waals surface area contributed by atoms with Gasteiger partial charge in [-0.15, -0.1) is 11.3 Å². The molecule has 1 aromatic heterocycles. The van der Waals surface area contributed by atoms with Gasteiger partial charge in [0.15, 0.2) is 0 Å². The molecule has 1 unspecified atom stereocenters. The molecule has 0 amide bonds. The summed E-state index contributed by atoms with van der Waals surface area (Å²) in [5, 5.41) is 8.75. The summed E-state index contributed by atoms with van der Waals surface area (Å²) in [5.74, 6) is -0.447. The molecule has 0 spiro atoms. The van der Waals surface area contributed by atoms with Crippen molar-refractivity contribution in [1.29, 1.82) is 5.26 Å². The second kappa shape index (κ2) is 4.64. The van der Waals surface area contributed by atoms with Crippen LogP contribution in [0.4, 0.5) is 0 Å². The maximum absolute atomic E-state index is 11.4. The van der Waals surface area contributed by atoms with Crippen LogP contribution in [-0.4, -0.2) is 19.1 Å². The second-order valence-corrected chi connectivity index (χ2v) is 5.08. The Labute approximate surface area is 98.6 Å². The van der Waals surface area contributed by atoms with Crippen LogP contribution in [-0.2, 0) is 14.9 Å². The number of ether oxygens (including phenoxy) is 1. The van der Waals surface area contributed by atoms with Crippen LogP contribution in [0.25, 0.3) is 0 Å². The standard InChI is InChI=1S/C11H14N2O2S/c1-11(2,9(13)10(14)15-3)8-5-4-7(6-12)16-8/h4-5,9H,13H2,1-3H3. The van der Waals surface area contributed by atoms with E-state index in [2.05, 4.69) is 10.8 Å². The zero-order valence-corrected chi connectivity index (χ0v) is 10.3. The van der Waals surface area contributed by atoms with Gasteiger partial charge in [-0.25, -0.2) is 0 Å². The van der Waals surface area contributed by atoms with Crippen molar-refractivity contribution in [1.82, 2.24) is 0 Å². The molecule has 0 aliphatic heterocycles. The van der Waals surface area contributed by atoms with Crippen LogP contribution in [0.1, 0.15) is 23.6 Å². The quantitative estimate of drug-likeness (QED) is 0.807. The highest BCUT2D eigenvalue weighted by Crippen LogP contribution is 2.32. The van der Waals surface area contributed by atoms with Crippen LogP contribution < -0.4 is 5.73 Å². The van der Waals surface area contributed by atoms with Crippen LogP contribution in [0.15, 0.2) is 12.1 Å². The maximum Gasteiger partial charge on any atom is 0.323 e. The molecule has 0 aliphatic carbocycles. The molecule has 0 radical (unpaired) electrons. The average molecular weight is 238 g/mol. The third-order valence-electron chi connectivity index (χ3n) is 2.58. The van der Waals surface area contributed by atoms with E-state index in [4.69, 9.17) is 11.0 Å². The highest BCUT2D eigenvalue weighted by Gasteiger charge is 2.35. The molecule has 0 bridgehead atoms. The third-order valence-corrected chi connectivity index (χ3v) is 3.91. The van der Waals surface area contributed by atoms with E-state index in [1.165, 1.54) is 18.4 Å². The summed E-state index contributed by atoms with van der Waals surface area (Å²) in [6, 6.07) is 4.88. The summed E-state index contributed by atoms with van der Waals surface area (Å²) in [4.78, 5) is 12.9. The molecule has 0 aromatic carbocycles. The number of thiophene rings is 1. The lowest BCUT2D eigenvalue weighted by Gasteiger charge is -2.28. The normalized spacial score (nSPS) is 12.9. The van der Waals surface area contributed by atoms with Gasteiger partial charge < -0.3 is 10.5 Å². The molecule has 2 N–H and O–H groups in total. The Morgan fingerprint density at radius 2 is 2.25 bits per heavy atom. The first-order valence-corrected chi connectivity index (χ1v) is 5.59. The van der Waals surface area contributed by atoms with E-state index in [1.807, 2.05) is 19.9 Å². The molecule has 4 nitrogen and oxygen atoms in total. The molecule has 16 heavy (non-hydrogen) atoms. The largest absolute Gasteiger partial charge is 0.468 e. The van der Waals surface area contributed by atoms with Gasteiger partial charge in [0, 0.05) is 10.3 Å². The van der Waals surface area contributed by atoms with Crippen molar-refractivity contribution in [3.05, 3.63) is 21.9 Å². The second-order valence-electron chi connectivity index (χ2n) is 4.00. The van der Waals surface area contributed by atoms with Crippen LogP contribution in [0.3, 0.4) is 0 Å². The van der Waals surface area contributed by atoms with E-state index in [0.29, 0.717) is 4.88 Å². The molecule has 0 aliphatic rings. The SMILES string of the molecule is COC(=O)C(N)C(C)(C)c1ccc(C#N)s1. The molecule has 0 fully saturated rings. The van der Waals surface area contributed by atoms with Crippen molar-refractivity contribution in [2.75, 3.05) is 7.11 Å². The lowest BCUT2D eigenvalue weighted by Crippen LogP contribution is -2.47. The predicted molar refractivity (Wildman–Crippen MR) is 62.1 cm³/mol. The van der Waals surface area contributed by atoms with E-state index in [0.717, 1.165) is 4.88 Å². The van der Waals surface area contributed by atoms with E-state index in [-0.39, 0.29) is 0 Å². The third kappa shape index (κ3) is 2.23. The first-order valence-electron chi connectivity index (χ1n) is 4.77. The minimum absolute atomic E-state index is 0.447. The number of carbonyl (C=O) groups excluding carboxylic acids is 1. The summed E-state index contributed by atoms with van der Waals surface area (Å²) in [7, 11) is 1.31. The number of carbonyl (C=O) groups is 1. The molecular weight excluding hydrogens is 224 g/mol. The molecule has 86 valence electrons. The zero-order chi connectivity index (χ0) is 12.3. The lowest BCUT2D eigenvalue weighted by atomic mass is 9.83. The minimum Gasteiger partial charge on any atom is -0.468 e. The van der Waals surface area contributed by atoms with Crippen molar-refractivity contribution in [3.8, 4) is 6.07 Å². The Morgan fingerprint density at radius 3 is 2.69 bits per heavy atom. The summed E-state index contributed by atoms with van der Waals surface area (Å²) in [5.41, 5.74) is 5.30. The molecule has 0 saturated heterocycles. The van der Waals surface area contributed by atoms with Gasteiger partial charge in [-0.1, -0.05) is 13.8 Å². The van der Waals surface area contributed by atoms with Crippen LogP contribution in [0, 0.1) is 11.3 Å². The Kier molecular flexibility index (Phi) is 3.68. The van der Waals surface area contributed by atoms with Gasteiger partial charge in [-0.2, -0.15) is 5.26 Å². The van der Waals surface area contributed by atoms with Crippen molar-refractivity contribution < 1.29 is 9.53 Å². The van der Waals surface area contributed by atoms with Gasteiger partial charge in [0.2, 0.25) is 0 Å². The van der Waals surface area contributed by atoms with E-state index in [9.17, 15) is 4.79 Å². The number of esters is 1. The molecule has 5 heteroatoms. The first-order chi connectivity index (χ1) is 7.43. The number of methoxy groups -OCH3 is 1. The van der Waals surface area contributed by atoms with E-state index < -0.39 is 17.4 Å². The summed E-state index contributed by atoms with van der Waals surface area (Å²) in [6.07, 6.45) is 0. The van der Waals surface area contributed by atoms with Crippen LogP contribution in [0.5, 0.6) is 0 Å². The van der Waals surface area contributed by atoms with Crippen molar-refractivity contribution >= 4 is 17.3 Å². The van der Waals surface area contributed by atoms with E-state index in [1.54, 1.807) is 6.07 Å². The van der Waals surface area contributed by atoms with Crippen LogP contribution in [0.2, 0.25) is 0 Å². The van der Waals surface area contributed by atoms with Gasteiger partial charge in [0.05, 0.1) is 7.11 Å². The van der Waals surface area contributed by atoms with Crippen LogP contribution >= 0.6 is 11.3 Å². The van der Waals surface area contributed by atoms with E-state index >= 15 is 0 Å². The van der Waals surface area contributed by atoms with Gasteiger partial charge in [0.1, 0.15) is 17.0 Å². The summed E-state index contributed by atoms with van der Waals surface area (Å²) >= 11 is 1.35. The highest BCUT2D eigenvalue weighted by atomic mass is 32.1. The monoisotopic (exact) mass is 238 g/mol. The molecule has 1 aromatic rings. The fraction of sp³-hybridized carbons (Fsp3) is 0.455. The van der Waals surface area contributed by atoms with Gasteiger partial charge in [-0.3, -0.25) is 4.79 Å². The Balaban J connectivity index is 3.01. The fourth-order valence-corrected chi connectivity index (χ4v) is 2.26. The maximum atomic E-state index is 11.4. The average Bonchev–Trinajstić information content (AvgIpc) is 2.75. The Bertz CT molecular complexity index is 431. The zero-order valence-electron chi connectivity index (χ0n) is 9.48. The first kappa shape index (κ1) is 12.7. The van der Waals surface area contributed by atoms with Gasteiger partial charge in [-0.05, 0) is 12.1 Å². The van der Waals surface area contributed by atoms with Gasteiger partial charge >= 0.3 is 5.97 Å². The predicted octanol–water partition coefficient (Wildman–Crippen LogP) is 1.40. The topological polar surface area (TPSA) is 76.1 Å². The summed E-state index contributed by atoms with van der Waals surface area (Å²) in [6.45, 7) is 3.73. The highest BCUT2D eigenvalue weighted by molar-refractivity contribution is 7.12.